The Balaban J connectivity index is 2.85. The number of allylic oxidation sites excluding steroid dienone is 1. The molecule has 31 valence electrons. The van der Waals surface area contributed by atoms with Crippen LogP contribution >= 0.6 is 0 Å². The van der Waals surface area contributed by atoms with E-state index in [2.05, 4.69) is 22.6 Å². The van der Waals surface area contributed by atoms with Crippen molar-refractivity contribution in [2.45, 2.75) is 12.2 Å². The summed E-state index contributed by atoms with van der Waals surface area (Å²) in [4.78, 5) is 0. The van der Waals surface area contributed by atoms with E-state index in [9.17, 15) is 0 Å². The standard InChI is InChI=1S/C4H7.Fe/c1-4(2)3;/h1-2H2,3H3;. The summed E-state index contributed by atoms with van der Waals surface area (Å²) < 4.78 is 0. The van der Waals surface area contributed by atoms with E-state index in [-0.39, 0.29) is 0 Å². The van der Waals surface area contributed by atoms with Crippen LogP contribution in [0.4, 0.5) is 0 Å². The van der Waals surface area contributed by atoms with E-state index in [0.29, 0.717) is 0 Å². The van der Waals surface area contributed by atoms with Crippen molar-refractivity contribution in [2.75, 3.05) is 0 Å². The Bertz CT molecular complexity index is 38.9. The monoisotopic (exact) mass is 111 g/mol. The molecule has 0 bridgehead atoms. The van der Waals surface area contributed by atoms with Gasteiger partial charge in [-0.1, -0.05) is 0 Å². The fraction of sp³-hybridized carbons (Fsp3) is 0.500. The quantitative estimate of drug-likeness (QED) is 0.355. The van der Waals surface area contributed by atoms with Gasteiger partial charge in [0.25, 0.3) is 0 Å². The molecule has 0 nitrogen and oxygen atoms in total. The Morgan fingerprint density at radius 3 is 2.20 bits per heavy atom. The fourth-order valence-electron chi connectivity index (χ4n) is 0. The predicted octanol–water partition coefficient (Wildman–Crippen LogP) is 1.53. The SMILES string of the molecule is C=C(C)[CH2][Fe]. The summed E-state index contributed by atoms with van der Waals surface area (Å²) in [6, 6.07) is 0. The van der Waals surface area contributed by atoms with Crippen LogP contribution in [0.3, 0.4) is 0 Å². The zero-order chi connectivity index (χ0) is 4.28. The van der Waals surface area contributed by atoms with Crippen molar-refractivity contribution in [3.8, 4) is 0 Å². The molecule has 0 spiro atoms. The topological polar surface area (TPSA) is 0 Å². The summed E-state index contributed by atoms with van der Waals surface area (Å²) in [6.45, 7) is 5.58. The third-order valence-electron chi connectivity index (χ3n) is 0.213. The molecule has 0 radical (unpaired) electrons. The van der Waals surface area contributed by atoms with E-state index in [0.717, 1.165) is 10.9 Å². The van der Waals surface area contributed by atoms with Crippen molar-refractivity contribution < 1.29 is 16.0 Å². The van der Waals surface area contributed by atoms with Crippen LogP contribution in [-0.2, 0) is 16.0 Å². The molecule has 0 atom stereocenters. The Labute approximate surface area is 41.1 Å². The van der Waals surface area contributed by atoms with Crippen molar-refractivity contribution in [3.63, 3.8) is 0 Å². The number of hydrogen-bond donors (Lipinski definition) is 0. The zero-order valence-electron chi connectivity index (χ0n) is 3.27. The maximum atomic E-state index is 3.61. The van der Waals surface area contributed by atoms with Gasteiger partial charge in [-0.2, -0.15) is 0 Å². The van der Waals surface area contributed by atoms with Gasteiger partial charge in [-0.05, 0) is 0 Å². The second-order valence-corrected chi connectivity index (χ2v) is 1.47. The third-order valence-corrected chi connectivity index (χ3v) is 0.880. The van der Waals surface area contributed by atoms with Gasteiger partial charge in [0.05, 0.1) is 0 Å². The van der Waals surface area contributed by atoms with Crippen molar-refractivity contribution in [2.24, 2.45) is 0 Å². The molecule has 0 fully saturated rings. The Morgan fingerprint density at radius 2 is 2.20 bits per heavy atom. The van der Waals surface area contributed by atoms with Crippen LogP contribution in [0.1, 0.15) is 6.92 Å². The first-order chi connectivity index (χ1) is 2.27. The molecule has 0 aromatic rings. The van der Waals surface area contributed by atoms with Gasteiger partial charge in [-0.15, -0.1) is 0 Å². The van der Waals surface area contributed by atoms with Gasteiger partial charge < -0.3 is 0 Å². The van der Waals surface area contributed by atoms with E-state index < -0.39 is 0 Å². The van der Waals surface area contributed by atoms with E-state index in [4.69, 9.17) is 0 Å². The minimum atomic E-state index is 0.861. The predicted molar refractivity (Wildman–Crippen MR) is 19.6 cm³/mol. The maximum absolute atomic E-state index is 3.61. The molecule has 1 heteroatoms. The van der Waals surface area contributed by atoms with Crippen LogP contribution in [0.25, 0.3) is 0 Å². The second kappa shape index (κ2) is 2.49. The van der Waals surface area contributed by atoms with Crippen molar-refractivity contribution in [1.29, 1.82) is 0 Å². The molecule has 0 saturated carbocycles. The summed E-state index contributed by atoms with van der Waals surface area (Å²) in [5.41, 5.74) is 1.14. The normalized spacial score (nSPS) is 7.60. The van der Waals surface area contributed by atoms with Crippen LogP contribution in [0.15, 0.2) is 12.2 Å². The van der Waals surface area contributed by atoms with Crippen LogP contribution in [-0.4, -0.2) is 0 Å². The Kier molecular flexibility index (Phi) is 2.62. The second-order valence-electron chi connectivity index (χ2n) is 1.08. The molecule has 0 saturated heterocycles. The van der Waals surface area contributed by atoms with Crippen molar-refractivity contribution in [1.82, 2.24) is 0 Å². The van der Waals surface area contributed by atoms with Crippen molar-refractivity contribution in [3.05, 3.63) is 12.2 Å². The molecule has 0 amide bonds. The van der Waals surface area contributed by atoms with Gasteiger partial charge >= 0.3 is 40.4 Å². The molecule has 0 N–H and O–H groups in total. The Hall–Kier alpha value is 0.259. The van der Waals surface area contributed by atoms with E-state index >= 15 is 0 Å². The van der Waals surface area contributed by atoms with E-state index in [1.807, 2.05) is 6.92 Å². The molecule has 5 heavy (non-hydrogen) atoms. The van der Waals surface area contributed by atoms with Gasteiger partial charge in [-0.25, -0.2) is 0 Å². The zero-order valence-corrected chi connectivity index (χ0v) is 4.37. The molecule has 0 aromatic heterocycles. The van der Waals surface area contributed by atoms with E-state index in [1.54, 1.807) is 0 Å². The number of rotatable bonds is 1. The molecular weight excluding hydrogens is 104 g/mol. The summed E-state index contributed by atoms with van der Waals surface area (Å²) in [5.74, 6) is 0. The molecule has 0 aromatic carbocycles. The van der Waals surface area contributed by atoms with Crippen molar-refractivity contribution >= 4 is 0 Å². The van der Waals surface area contributed by atoms with Crippen LogP contribution < -0.4 is 0 Å². The minimum absolute atomic E-state index is 0.861. The van der Waals surface area contributed by atoms with Gasteiger partial charge in [0.2, 0.25) is 0 Å². The number of hydrogen-bond acceptors (Lipinski definition) is 0. The molecule has 0 rings (SSSR count). The summed E-state index contributed by atoms with van der Waals surface area (Å²) in [7, 11) is 0. The van der Waals surface area contributed by atoms with Gasteiger partial charge in [0.1, 0.15) is 0 Å². The summed E-state index contributed by atoms with van der Waals surface area (Å²) in [6.07, 6.45) is 0. The average molecular weight is 111 g/mol. The molecule has 0 aliphatic heterocycles. The first kappa shape index (κ1) is 5.26. The third kappa shape index (κ3) is 4.26. The van der Waals surface area contributed by atoms with Gasteiger partial charge in [-0.3, -0.25) is 0 Å². The summed E-state index contributed by atoms with van der Waals surface area (Å²) >= 11 is 3.59. The first-order valence-electron chi connectivity index (χ1n) is 1.46. The van der Waals surface area contributed by atoms with Crippen LogP contribution in [0, 0.1) is 0 Å². The fourth-order valence-corrected chi connectivity index (χ4v) is 0. The van der Waals surface area contributed by atoms with Gasteiger partial charge in [0.15, 0.2) is 0 Å². The molecule has 0 aliphatic rings. The van der Waals surface area contributed by atoms with Gasteiger partial charge in [0, 0.05) is 0 Å². The molecule has 0 aliphatic carbocycles. The van der Waals surface area contributed by atoms with Crippen LogP contribution in [0.5, 0.6) is 0 Å². The summed E-state index contributed by atoms with van der Waals surface area (Å²) in [5, 5.41) is 0.861. The van der Waals surface area contributed by atoms with E-state index in [1.165, 1.54) is 0 Å². The average Bonchev–Trinajstić information content (AvgIpc) is 1.38. The van der Waals surface area contributed by atoms with Crippen LogP contribution in [0.2, 0.25) is 5.32 Å². The molecule has 0 heterocycles. The molecule has 0 unspecified atom stereocenters. The first-order valence-corrected chi connectivity index (χ1v) is 2.24. The Morgan fingerprint density at radius 1 is 2.00 bits per heavy atom. The molecular formula is C4H7Fe.